The fourth-order valence-corrected chi connectivity index (χ4v) is 1.92. The summed E-state index contributed by atoms with van der Waals surface area (Å²) in [5.74, 6) is 0. The quantitative estimate of drug-likeness (QED) is 0.568. The summed E-state index contributed by atoms with van der Waals surface area (Å²) in [6, 6.07) is 0.502. The summed E-state index contributed by atoms with van der Waals surface area (Å²) in [4.78, 5) is 0. The first kappa shape index (κ1) is 8.29. The molecule has 0 bridgehead atoms. The molecule has 1 heterocycles. The number of halogens is 1. The van der Waals surface area contributed by atoms with Crippen LogP contribution in [-0.2, 0) is 0 Å². The van der Waals surface area contributed by atoms with Crippen molar-refractivity contribution in [2.24, 2.45) is 0 Å². The van der Waals surface area contributed by atoms with Crippen LogP contribution >= 0.6 is 22.6 Å². The number of nitrogens with zero attached hydrogens (tertiary/aromatic N) is 2. The Bertz CT molecular complexity index is 290. The van der Waals surface area contributed by atoms with Gasteiger partial charge in [-0.1, -0.05) is 12.2 Å². The van der Waals surface area contributed by atoms with Crippen molar-refractivity contribution < 1.29 is 0 Å². The largest absolute Gasteiger partial charge is 0.265 e. The van der Waals surface area contributed by atoms with Crippen molar-refractivity contribution in [1.82, 2.24) is 9.78 Å². The average Bonchev–Trinajstić information content (AvgIpc) is 2.54. The normalized spacial score (nSPS) is 22.9. The summed E-state index contributed by atoms with van der Waals surface area (Å²) < 4.78 is 3.27. The van der Waals surface area contributed by atoms with E-state index in [4.69, 9.17) is 0 Å². The first-order chi connectivity index (χ1) is 5.86. The van der Waals surface area contributed by atoms with E-state index in [0.717, 1.165) is 0 Å². The van der Waals surface area contributed by atoms with Gasteiger partial charge in [0.2, 0.25) is 0 Å². The molecular formula is C9H11IN2. The maximum absolute atomic E-state index is 4.30. The van der Waals surface area contributed by atoms with Crippen LogP contribution in [0.1, 0.15) is 25.3 Å². The first-order valence-electron chi connectivity index (χ1n) is 4.22. The molecule has 0 amide bonds. The second-order valence-electron chi connectivity index (χ2n) is 3.06. The van der Waals surface area contributed by atoms with Crippen LogP contribution in [0.4, 0.5) is 0 Å². The van der Waals surface area contributed by atoms with Gasteiger partial charge in [0, 0.05) is 6.20 Å². The number of aromatic nitrogens is 2. The highest BCUT2D eigenvalue weighted by molar-refractivity contribution is 14.1. The van der Waals surface area contributed by atoms with E-state index >= 15 is 0 Å². The molecule has 1 atom stereocenters. The summed E-state index contributed by atoms with van der Waals surface area (Å²) in [7, 11) is 0. The molecule has 1 aromatic heterocycles. The summed E-state index contributed by atoms with van der Waals surface area (Å²) >= 11 is 2.29. The molecule has 0 aliphatic heterocycles. The van der Waals surface area contributed by atoms with E-state index in [1.807, 2.05) is 6.20 Å². The van der Waals surface area contributed by atoms with Crippen molar-refractivity contribution >= 4 is 22.6 Å². The van der Waals surface area contributed by atoms with Crippen LogP contribution in [-0.4, -0.2) is 9.78 Å². The lowest BCUT2D eigenvalue weighted by Crippen LogP contribution is -2.08. The molecule has 0 saturated heterocycles. The van der Waals surface area contributed by atoms with Crippen LogP contribution in [0, 0.1) is 3.57 Å². The first-order valence-corrected chi connectivity index (χ1v) is 5.30. The van der Waals surface area contributed by atoms with Gasteiger partial charge in [0.15, 0.2) is 0 Å². The van der Waals surface area contributed by atoms with Gasteiger partial charge in [-0.2, -0.15) is 5.10 Å². The second kappa shape index (κ2) is 3.60. The van der Waals surface area contributed by atoms with Gasteiger partial charge in [0.25, 0.3) is 0 Å². The highest BCUT2D eigenvalue weighted by atomic mass is 127. The Hall–Kier alpha value is -0.320. The lowest BCUT2D eigenvalue weighted by Gasteiger charge is -2.16. The molecule has 3 heteroatoms. The predicted molar refractivity (Wildman–Crippen MR) is 57.0 cm³/mol. The van der Waals surface area contributed by atoms with Gasteiger partial charge in [-0.25, -0.2) is 0 Å². The Morgan fingerprint density at radius 1 is 1.58 bits per heavy atom. The Kier molecular flexibility index (Phi) is 2.48. The van der Waals surface area contributed by atoms with Crippen LogP contribution < -0.4 is 0 Å². The fourth-order valence-electron chi connectivity index (χ4n) is 1.51. The van der Waals surface area contributed by atoms with Gasteiger partial charge >= 0.3 is 0 Å². The van der Waals surface area contributed by atoms with E-state index in [2.05, 4.69) is 50.7 Å². The van der Waals surface area contributed by atoms with Crippen LogP contribution in [0.2, 0.25) is 0 Å². The summed E-state index contributed by atoms with van der Waals surface area (Å²) in [6.45, 7) is 0. The van der Waals surface area contributed by atoms with Crippen LogP contribution in [0.15, 0.2) is 24.5 Å². The van der Waals surface area contributed by atoms with Gasteiger partial charge in [0.1, 0.15) is 0 Å². The minimum Gasteiger partial charge on any atom is -0.265 e. The smallest absolute Gasteiger partial charge is 0.0699 e. The molecule has 0 spiro atoms. The molecule has 0 fully saturated rings. The number of rotatable bonds is 1. The molecule has 2 rings (SSSR count). The van der Waals surface area contributed by atoms with Crippen molar-refractivity contribution in [3.05, 3.63) is 28.1 Å². The van der Waals surface area contributed by atoms with Crippen LogP contribution in [0.5, 0.6) is 0 Å². The van der Waals surface area contributed by atoms with Crippen LogP contribution in [0.3, 0.4) is 0 Å². The molecule has 0 aromatic carbocycles. The molecule has 64 valence electrons. The molecule has 1 unspecified atom stereocenters. The Labute approximate surface area is 85.8 Å². The Balaban J connectivity index is 2.18. The molecule has 0 saturated carbocycles. The lowest BCUT2D eigenvalue weighted by molar-refractivity contribution is 0.474. The zero-order valence-corrected chi connectivity index (χ0v) is 8.94. The summed E-state index contributed by atoms with van der Waals surface area (Å²) in [5, 5.41) is 4.30. The lowest BCUT2D eigenvalue weighted by atomic mass is 10.0. The van der Waals surface area contributed by atoms with Crippen molar-refractivity contribution in [1.29, 1.82) is 0 Å². The highest BCUT2D eigenvalue weighted by Gasteiger charge is 2.10. The molecule has 1 aliphatic carbocycles. The van der Waals surface area contributed by atoms with Gasteiger partial charge in [0.05, 0.1) is 15.8 Å². The third kappa shape index (κ3) is 1.71. The molecular weight excluding hydrogens is 263 g/mol. The Morgan fingerprint density at radius 2 is 2.50 bits per heavy atom. The van der Waals surface area contributed by atoms with Gasteiger partial charge in [-0.15, -0.1) is 0 Å². The zero-order valence-electron chi connectivity index (χ0n) is 6.78. The van der Waals surface area contributed by atoms with E-state index in [1.54, 1.807) is 0 Å². The topological polar surface area (TPSA) is 17.8 Å². The molecule has 2 nitrogen and oxygen atoms in total. The monoisotopic (exact) mass is 274 g/mol. The molecule has 0 N–H and O–H groups in total. The standard InChI is InChI=1S/C9H11IN2/c10-8-6-11-12(7-8)9-4-2-1-3-5-9/h2,4,6-7,9H,1,3,5H2. The maximum Gasteiger partial charge on any atom is 0.0699 e. The van der Waals surface area contributed by atoms with Crippen molar-refractivity contribution in [2.45, 2.75) is 25.3 Å². The van der Waals surface area contributed by atoms with Gasteiger partial charge in [-0.05, 0) is 41.9 Å². The fraction of sp³-hybridized carbons (Fsp3) is 0.444. The number of hydrogen-bond donors (Lipinski definition) is 0. The SMILES string of the molecule is Ic1cnn(C2C=CCCC2)c1. The predicted octanol–water partition coefficient (Wildman–Crippen LogP) is 2.77. The summed E-state index contributed by atoms with van der Waals surface area (Å²) in [5.41, 5.74) is 0. The third-order valence-electron chi connectivity index (χ3n) is 2.14. The van der Waals surface area contributed by atoms with E-state index < -0.39 is 0 Å². The average molecular weight is 274 g/mol. The van der Waals surface area contributed by atoms with Crippen LogP contribution in [0.25, 0.3) is 0 Å². The highest BCUT2D eigenvalue weighted by Crippen LogP contribution is 2.21. The zero-order chi connectivity index (χ0) is 8.39. The second-order valence-corrected chi connectivity index (χ2v) is 4.31. The maximum atomic E-state index is 4.30. The minimum absolute atomic E-state index is 0.502. The molecule has 1 aliphatic rings. The van der Waals surface area contributed by atoms with E-state index in [-0.39, 0.29) is 0 Å². The van der Waals surface area contributed by atoms with E-state index in [9.17, 15) is 0 Å². The van der Waals surface area contributed by atoms with Gasteiger partial charge < -0.3 is 0 Å². The van der Waals surface area contributed by atoms with Crippen molar-refractivity contribution in [3.8, 4) is 0 Å². The molecule has 0 radical (unpaired) electrons. The molecule has 1 aromatic rings. The van der Waals surface area contributed by atoms with E-state index in [1.165, 1.54) is 22.8 Å². The Morgan fingerprint density at radius 3 is 3.08 bits per heavy atom. The van der Waals surface area contributed by atoms with Gasteiger partial charge in [-0.3, -0.25) is 4.68 Å². The third-order valence-corrected chi connectivity index (χ3v) is 2.70. The minimum atomic E-state index is 0.502. The van der Waals surface area contributed by atoms with Crippen molar-refractivity contribution in [2.75, 3.05) is 0 Å². The number of hydrogen-bond acceptors (Lipinski definition) is 1. The number of allylic oxidation sites excluding steroid dienone is 2. The summed E-state index contributed by atoms with van der Waals surface area (Å²) in [6.07, 6.45) is 12.3. The van der Waals surface area contributed by atoms with E-state index in [0.29, 0.717) is 6.04 Å². The molecule has 12 heavy (non-hydrogen) atoms. The van der Waals surface area contributed by atoms with Crippen molar-refractivity contribution in [3.63, 3.8) is 0 Å².